The molecule has 0 spiro atoms. The number of hydrogen-bond donors (Lipinski definition) is 2. The van der Waals surface area contributed by atoms with Gasteiger partial charge in [0.25, 0.3) is 5.91 Å². The van der Waals surface area contributed by atoms with Crippen molar-refractivity contribution >= 4 is 11.9 Å². The second kappa shape index (κ2) is 5.84. The van der Waals surface area contributed by atoms with Crippen molar-refractivity contribution in [2.75, 3.05) is 13.1 Å². The zero-order chi connectivity index (χ0) is 13.8. The number of amides is 1. The quantitative estimate of drug-likeness (QED) is 0.851. The average molecular weight is 262 g/mol. The number of carbonyl (C=O) groups excluding carboxylic acids is 1. The van der Waals surface area contributed by atoms with Crippen LogP contribution >= 0.6 is 0 Å². The van der Waals surface area contributed by atoms with Crippen LogP contribution in [-0.4, -0.2) is 47.1 Å². The molecule has 5 heteroatoms. The van der Waals surface area contributed by atoms with Crippen LogP contribution in [0, 0.1) is 0 Å². The zero-order valence-corrected chi connectivity index (χ0v) is 10.9. The van der Waals surface area contributed by atoms with E-state index in [0.29, 0.717) is 18.7 Å². The van der Waals surface area contributed by atoms with Gasteiger partial charge in [-0.25, -0.2) is 0 Å². The summed E-state index contributed by atoms with van der Waals surface area (Å²) in [6.45, 7) is 3.02. The molecule has 19 heavy (non-hydrogen) atoms. The van der Waals surface area contributed by atoms with Gasteiger partial charge in [0, 0.05) is 30.7 Å². The summed E-state index contributed by atoms with van der Waals surface area (Å²) in [5, 5.41) is 12.0. The third-order valence-electron chi connectivity index (χ3n) is 3.35. The number of piperazine rings is 1. The number of aliphatic carboxylic acids is 1. The zero-order valence-electron chi connectivity index (χ0n) is 10.9. The van der Waals surface area contributed by atoms with Gasteiger partial charge in [-0.15, -0.1) is 0 Å². The van der Waals surface area contributed by atoms with Gasteiger partial charge in [0.05, 0.1) is 6.42 Å². The molecular formula is C14H18N2O3. The topological polar surface area (TPSA) is 69.6 Å². The van der Waals surface area contributed by atoms with Gasteiger partial charge in [0.1, 0.15) is 0 Å². The fourth-order valence-corrected chi connectivity index (χ4v) is 2.31. The summed E-state index contributed by atoms with van der Waals surface area (Å²) in [6, 6.07) is 8.97. The number of carboxylic acid groups (broad SMARTS) is 1. The number of carbonyl (C=O) groups is 2. The lowest BCUT2D eigenvalue weighted by Gasteiger charge is -2.38. The molecule has 1 saturated heterocycles. The van der Waals surface area contributed by atoms with Crippen LogP contribution in [-0.2, 0) is 4.79 Å². The molecule has 2 atom stereocenters. The summed E-state index contributed by atoms with van der Waals surface area (Å²) < 4.78 is 0. The van der Waals surface area contributed by atoms with E-state index in [4.69, 9.17) is 5.11 Å². The number of nitrogens with one attached hydrogen (secondary N) is 1. The molecule has 0 aliphatic carbocycles. The van der Waals surface area contributed by atoms with Gasteiger partial charge in [0.15, 0.2) is 0 Å². The maximum Gasteiger partial charge on any atom is 0.304 e. The van der Waals surface area contributed by atoms with Crippen molar-refractivity contribution in [3.8, 4) is 0 Å². The van der Waals surface area contributed by atoms with E-state index < -0.39 is 5.97 Å². The number of nitrogens with zero attached hydrogens (tertiary/aromatic N) is 1. The smallest absolute Gasteiger partial charge is 0.304 e. The normalized spacial score (nSPS) is 23.1. The lowest BCUT2D eigenvalue weighted by atomic mass is 10.1. The maximum atomic E-state index is 12.4. The molecule has 1 fully saturated rings. The third kappa shape index (κ3) is 3.32. The van der Waals surface area contributed by atoms with Crippen LogP contribution in [0.5, 0.6) is 0 Å². The van der Waals surface area contributed by atoms with E-state index in [-0.39, 0.29) is 24.4 Å². The Balaban J connectivity index is 2.09. The van der Waals surface area contributed by atoms with Crippen LogP contribution in [0.15, 0.2) is 30.3 Å². The van der Waals surface area contributed by atoms with Crippen molar-refractivity contribution in [3.63, 3.8) is 0 Å². The van der Waals surface area contributed by atoms with E-state index in [1.54, 1.807) is 17.0 Å². The van der Waals surface area contributed by atoms with Crippen molar-refractivity contribution in [2.45, 2.75) is 25.4 Å². The van der Waals surface area contributed by atoms with E-state index in [9.17, 15) is 9.59 Å². The first kappa shape index (κ1) is 13.5. The molecule has 1 aromatic carbocycles. The molecule has 0 aromatic heterocycles. The number of rotatable bonds is 3. The van der Waals surface area contributed by atoms with Gasteiger partial charge in [-0.3, -0.25) is 9.59 Å². The van der Waals surface area contributed by atoms with Gasteiger partial charge in [0.2, 0.25) is 0 Å². The van der Waals surface area contributed by atoms with Gasteiger partial charge in [-0.05, 0) is 19.1 Å². The Hall–Kier alpha value is -1.88. The van der Waals surface area contributed by atoms with Crippen LogP contribution in [0.25, 0.3) is 0 Å². The average Bonchev–Trinajstić information content (AvgIpc) is 2.40. The van der Waals surface area contributed by atoms with Crippen LogP contribution in [0.3, 0.4) is 0 Å². The molecule has 1 heterocycles. The van der Waals surface area contributed by atoms with Gasteiger partial charge in [-0.1, -0.05) is 18.2 Å². The van der Waals surface area contributed by atoms with Crippen LogP contribution in [0.1, 0.15) is 23.7 Å². The third-order valence-corrected chi connectivity index (χ3v) is 3.35. The Bertz CT molecular complexity index is 461. The van der Waals surface area contributed by atoms with Gasteiger partial charge >= 0.3 is 5.97 Å². The van der Waals surface area contributed by atoms with E-state index in [1.807, 2.05) is 25.1 Å². The maximum absolute atomic E-state index is 12.4. The minimum Gasteiger partial charge on any atom is -0.481 e. The molecule has 2 N–H and O–H groups in total. The van der Waals surface area contributed by atoms with E-state index >= 15 is 0 Å². The number of carboxylic acids is 1. The molecule has 0 saturated carbocycles. The monoisotopic (exact) mass is 262 g/mol. The molecule has 0 unspecified atom stereocenters. The summed E-state index contributed by atoms with van der Waals surface area (Å²) in [5.74, 6) is -0.885. The Kier molecular flexibility index (Phi) is 4.16. The lowest BCUT2D eigenvalue weighted by molar-refractivity contribution is -0.137. The Morgan fingerprint density at radius 3 is 2.68 bits per heavy atom. The Labute approximate surface area is 112 Å². The summed E-state index contributed by atoms with van der Waals surface area (Å²) in [7, 11) is 0. The van der Waals surface area contributed by atoms with Crippen LogP contribution < -0.4 is 5.32 Å². The highest BCUT2D eigenvalue weighted by Crippen LogP contribution is 2.13. The minimum absolute atomic E-state index is 0.0330. The highest BCUT2D eigenvalue weighted by molar-refractivity contribution is 5.94. The second-order valence-corrected chi connectivity index (χ2v) is 4.88. The summed E-state index contributed by atoms with van der Waals surface area (Å²) in [5.41, 5.74) is 0.644. The van der Waals surface area contributed by atoms with Crippen molar-refractivity contribution in [3.05, 3.63) is 35.9 Å². The Morgan fingerprint density at radius 2 is 2.05 bits per heavy atom. The predicted molar refractivity (Wildman–Crippen MR) is 71.0 cm³/mol. The first-order valence-electron chi connectivity index (χ1n) is 6.39. The van der Waals surface area contributed by atoms with Crippen molar-refractivity contribution in [2.24, 2.45) is 0 Å². The van der Waals surface area contributed by atoms with E-state index in [0.717, 1.165) is 0 Å². The standard InChI is InChI=1S/C14H18N2O3/c1-10-8-15-12(7-13(17)18)9-16(10)14(19)11-5-3-2-4-6-11/h2-6,10,12,15H,7-9H2,1H3,(H,17,18)/t10-,12-/m1/s1. The predicted octanol–water partition coefficient (Wildman–Crippen LogP) is 0.964. The van der Waals surface area contributed by atoms with Crippen LogP contribution in [0.4, 0.5) is 0 Å². The molecule has 1 aliphatic rings. The first-order chi connectivity index (χ1) is 9.08. The van der Waals surface area contributed by atoms with E-state index in [1.165, 1.54) is 0 Å². The number of benzene rings is 1. The molecule has 5 nitrogen and oxygen atoms in total. The largest absolute Gasteiger partial charge is 0.481 e. The van der Waals surface area contributed by atoms with Gasteiger partial charge in [-0.2, -0.15) is 0 Å². The number of hydrogen-bond acceptors (Lipinski definition) is 3. The molecule has 1 aromatic rings. The Morgan fingerprint density at radius 1 is 1.37 bits per heavy atom. The van der Waals surface area contributed by atoms with E-state index in [2.05, 4.69) is 5.32 Å². The SMILES string of the molecule is C[C@@H]1CN[C@H](CC(=O)O)CN1C(=O)c1ccccc1. The highest BCUT2D eigenvalue weighted by atomic mass is 16.4. The summed E-state index contributed by atoms with van der Waals surface area (Å²) >= 11 is 0. The van der Waals surface area contributed by atoms with Crippen molar-refractivity contribution in [1.82, 2.24) is 10.2 Å². The molecule has 2 rings (SSSR count). The molecule has 0 bridgehead atoms. The molecule has 102 valence electrons. The fourth-order valence-electron chi connectivity index (χ4n) is 2.31. The fraction of sp³-hybridized carbons (Fsp3) is 0.429. The lowest BCUT2D eigenvalue weighted by Crippen LogP contribution is -2.57. The highest BCUT2D eigenvalue weighted by Gasteiger charge is 2.30. The van der Waals surface area contributed by atoms with Crippen molar-refractivity contribution in [1.29, 1.82) is 0 Å². The molecule has 0 radical (unpaired) electrons. The summed E-state index contributed by atoms with van der Waals surface area (Å²) in [6.07, 6.45) is 0.0330. The molecular weight excluding hydrogens is 244 g/mol. The van der Waals surface area contributed by atoms with Gasteiger partial charge < -0.3 is 15.3 Å². The van der Waals surface area contributed by atoms with Crippen LogP contribution in [0.2, 0.25) is 0 Å². The molecule has 1 amide bonds. The summed E-state index contributed by atoms with van der Waals surface area (Å²) in [4.78, 5) is 24.9. The first-order valence-corrected chi connectivity index (χ1v) is 6.39. The van der Waals surface area contributed by atoms with Crippen molar-refractivity contribution < 1.29 is 14.7 Å². The molecule has 1 aliphatic heterocycles. The minimum atomic E-state index is -0.848. The second-order valence-electron chi connectivity index (χ2n) is 4.88.